The number of ether oxygens (including phenoxy) is 1. The van der Waals surface area contributed by atoms with E-state index >= 15 is 0 Å². The van der Waals surface area contributed by atoms with Crippen molar-refractivity contribution in [1.29, 1.82) is 0 Å². The van der Waals surface area contributed by atoms with Gasteiger partial charge in [0.15, 0.2) is 0 Å². The predicted octanol–water partition coefficient (Wildman–Crippen LogP) is 5.16. The number of nitrogens with one attached hydrogen (secondary N) is 1. The zero-order valence-electron chi connectivity index (χ0n) is 18.6. The average molecular weight is 460 g/mol. The summed E-state index contributed by atoms with van der Waals surface area (Å²) >= 11 is 5.79. The van der Waals surface area contributed by atoms with Crippen molar-refractivity contribution in [2.45, 2.75) is 75.9 Å². The molecule has 1 atom stereocenters. The fraction of sp³-hybridized carbons (Fsp3) is 0.500. The Labute approximate surface area is 194 Å². The summed E-state index contributed by atoms with van der Waals surface area (Å²) in [6, 6.07) is 10.7. The molecule has 0 saturated heterocycles. The lowest BCUT2D eigenvalue weighted by atomic mass is 9.82. The third-order valence-corrected chi connectivity index (χ3v) is 6.98. The first kappa shape index (κ1) is 23.1. The van der Waals surface area contributed by atoms with E-state index < -0.39 is 17.0 Å². The normalized spacial score (nSPS) is 21.6. The molecule has 1 aliphatic carbocycles. The van der Waals surface area contributed by atoms with Crippen LogP contribution in [0.25, 0.3) is 0 Å². The van der Waals surface area contributed by atoms with Crippen molar-refractivity contribution in [3.63, 3.8) is 0 Å². The third-order valence-electron chi connectivity index (χ3n) is 6.67. The van der Waals surface area contributed by atoms with Gasteiger partial charge in [-0.15, -0.1) is 0 Å². The van der Waals surface area contributed by atoms with Gasteiger partial charge in [-0.2, -0.15) is 0 Å². The molecule has 1 amide bonds. The topological polar surface area (TPSA) is 58.6 Å². The summed E-state index contributed by atoms with van der Waals surface area (Å²) in [7, 11) is 0. The molecule has 2 aromatic rings. The molecule has 4 nitrogen and oxygen atoms in total. The SMILES string of the molecule is CC1(Cc2ccc(Cl)c(F)c2)Cc2cc(CC(=O)NCCC3(O)CCCCC3)ccc2O1. The fourth-order valence-electron chi connectivity index (χ4n) is 5.01. The quantitative estimate of drug-likeness (QED) is 0.601. The maximum Gasteiger partial charge on any atom is 0.224 e. The van der Waals surface area contributed by atoms with Gasteiger partial charge in [0.1, 0.15) is 17.2 Å². The van der Waals surface area contributed by atoms with E-state index in [9.17, 15) is 14.3 Å². The molecule has 1 unspecified atom stereocenters. The highest BCUT2D eigenvalue weighted by Crippen LogP contribution is 2.38. The van der Waals surface area contributed by atoms with Crippen LogP contribution in [0.5, 0.6) is 5.75 Å². The Morgan fingerprint density at radius 2 is 1.91 bits per heavy atom. The van der Waals surface area contributed by atoms with Crippen LogP contribution < -0.4 is 10.1 Å². The van der Waals surface area contributed by atoms with Gasteiger partial charge in [-0.1, -0.05) is 49.1 Å². The number of halogens is 2. The molecule has 32 heavy (non-hydrogen) atoms. The van der Waals surface area contributed by atoms with Crippen LogP contribution >= 0.6 is 11.6 Å². The fourth-order valence-corrected chi connectivity index (χ4v) is 5.12. The van der Waals surface area contributed by atoms with Gasteiger partial charge in [0.25, 0.3) is 0 Å². The summed E-state index contributed by atoms with van der Waals surface area (Å²) < 4.78 is 20.0. The lowest BCUT2D eigenvalue weighted by Crippen LogP contribution is -2.37. The van der Waals surface area contributed by atoms with Crippen molar-refractivity contribution < 1.29 is 19.0 Å². The van der Waals surface area contributed by atoms with Gasteiger partial charge in [-0.3, -0.25) is 4.79 Å². The third kappa shape index (κ3) is 5.62. The summed E-state index contributed by atoms with van der Waals surface area (Å²) in [4.78, 5) is 12.4. The number of aliphatic hydroxyl groups is 1. The molecule has 1 aliphatic heterocycles. The van der Waals surface area contributed by atoms with Crippen molar-refractivity contribution >= 4 is 17.5 Å². The molecule has 0 spiro atoms. The molecule has 2 N–H and O–H groups in total. The van der Waals surface area contributed by atoms with E-state index in [4.69, 9.17) is 16.3 Å². The van der Waals surface area contributed by atoms with Crippen molar-refractivity contribution in [3.8, 4) is 5.75 Å². The van der Waals surface area contributed by atoms with Crippen LogP contribution in [0.4, 0.5) is 4.39 Å². The first-order valence-electron chi connectivity index (χ1n) is 11.5. The number of fused-ring (bicyclic) bond motifs is 1. The van der Waals surface area contributed by atoms with Crippen molar-refractivity contribution in [1.82, 2.24) is 5.32 Å². The first-order valence-corrected chi connectivity index (χ1v) is 11.9. The number of amides is 1. The van der Waals surface area contributed by atoms with E-state index in [1.807, 2.05) is 31.2 Å². The molecule has 2 aromatic carbocycles. The van der Waals surface area contributed by atoms with Gasteiger partial charge >= 0.3 is 0 Å². The number of rotatable bonds is 7. The molecule has 4 rings (SSSR count). The molecular weight excluding hydrogens is 429 g/mol. The smallest absolute Gasteiger partial charge is 0.224 e. The molecule has 6 heteroatoms. The molecule has 1 saturated carbocycles. The summed E-state index contributed by atoms with van der Waals surface area (Å²) in [5.74, 6) is 0.348. The predicted molar refractivity (Wildman–Crippen MR) is 124 cm³/mol. The van der Waals surface area contributed by atoms with Crippen molar-refractivity contribution in [3.05, 3.63) is 63.9 Å². The van der Waals surface area contributed by atoms with E-state index in [-0.39, 0.29) is 10.9 Å². The van der Waals surface area contributed by atoms with Crippen molar-refractivity contribution in [2.75, 3.05) is 6.54 Å². The number of carbonyl (C=O) groups is 1. The molecule has 172 valence electrons. The monoisotopic (exact) mass is 459 g/mol. The number of benzene rings is 2. The van der Waals surface area contributed by atoms with Gasteiger partial charge < -0.3 is 15.2 Å². The summed E-state index contributed by atoms with van der Waals surface area (Å²) in [5.41, 5.74) is 1.74. The maximum atomic E-state index is 13.8. The van der Waals surface area contributed by atoms with E-state index in [0.717, 1.165) is 48.1 Å². The minimum atomic E-state index is -0.617. The second-order valence-electron chi connectivity index (χ2n) is 9.66. The molecule has 0 aromatic heterocycles. The Balaban J connectivity index is 1.31. The zero-order chi connectivity index (χ0) is 22.8. The van der Waals surface area contributed by atoms with Crippen LogP contribution in [-0.2, 0) is 24.1 Å². The Bertz CT molecular complexity index is 989. The highest BCUT2D eigenvalue weighted by molar-refractivity contribution is 6.30. The second kappa shape index (κ2) is 9.40. The van der Waals surface area contributed by atoms with Crippen LogP contribution in [0.15, 0.2) is 36.4 Å². The van der Waals surface area contributed by atoms with Gasteiger partial charge in [0.05, 0.1) is 17.0 Å². The molecule has 0 bridgehead atoms. The maximum absolute atomic E-state index is 13.8. The van der Waals surface area contributed by atoms with Gasteiger partial charge in [0.2, 0.25) is 5.91 Å². The Kier molecular flexibility index (Phi) is 6.78. The lowest BCUT2D eigenvalue weighted by Gasteiger charge is -2.32. The minimum Gasteiger partial charge on any atom is -0.487 e. The number of carbonyl (C=O) groups excluding carboxylic acids is 1. The van der Waals surface area contributed by atoms with Crippen LogP contribution in [0, 0.1) is 5.82 Å². The second-order valence-corrected chi connectivity index (χ2v) is 10.1. The summed E-state index contributed by atoms with van der Waals surface area (Å²) in [6.07, 6.45) is 7.13. The molecule has 1 fully saturated rings. The van der Waals surface area contributed by atoms with Crippen molar-refractivity contribution in [2.24, 2.45) is 0 Å². The average Bonchev–Trinajstić information content (AvgIpc) is 3.06. The van der Waals surface area contributed by atoms with E-state index in [1.165, 1.54) is 12.5 Å². The molecule has 2 aliphatic rings. The Hall–Kier alpha value is -2.11. The standard InChI is InChI=1S/C26H31ClFNO3/c1-25(16-19-5-7-21(27)22(28)14-19)17-20-13-18(6-8-23(20)32-25)15-24(30)29-12-11-26(31)9-3-2-4-10-26/h5-8,13-14,31H,2-4,9-12,15-17H2,1H3,(H,29,30). The number of hydrogen-bond acceptors (Lipinski definition) is 3. The van der Waals surface area contributed by atoms with Crippen LogP contribution in [-0.4, -0.2) is 28.8 Å². The van der Waals surface area contributed by atoms with Gasteiger partial charge in [-0.25, -0.2) is 4.39 Å². The highest BCUT2D eigenvalue weighted by Gasteiger charge is 2.35. The van der Waals surface area contributed by atoms with E-state index in [1.54, 1.807) is 6.07 Å². The Morgan fingerprint density at radius 3 is 2.66 bits per heavy atom. The molecular formula is C26H31ClFNO3. The summed E-state index contributed by atoms with van der Waals surface area (Å²) in [6.45, 7) is 2.51. The lowest BCUT2D eigenvalue weighted by molar-refractivity contribution is -0.120. The van der Waals surface area contributed by atoms with Crippen LogP contribution in [0.1, 0.15) is 62.1 Å². The van der Waals surface area contributed by atoms with Crippen LogP contribution in [0.3, 0.4) is 0 Å². The first-order chi connectivity index (χ1) is 15.2. The van der Waals surface area contributed by atoms with E-state index in [2.05, 4.69) is 5.32 Å². The van der Waals surface area contributed by atoms with Crippen LogP contribution in [0.2, 0.25) is 5.02 Å². The minimum absolute atomic E-state index is 0.0392. The van der Waals surface area contributed by atoms with Gasteiger partial charge in [0, 0.05) is 19.4 Å². The van der Waals surface area contributed by atoms with E-state index in [0.29, 0.717) is 32.2 Å². The largest absolute Gasteiger partial charge is 0.487 e. The Morgan fingerprint density at radius 1 is 1.16 bits per heavy atom. The molecule has 1 heterocycles. The zero-order valence-corrected chi connectivity index (χ0v) is 19.3. The summed E-state index contributed by atoms with van der Waals surface area (Å²) in [5, 5.41) is 13.6. The van der Waals surface area contributed by atoms with Gasteiger partial charge in [-0.05, 0) is 61.1 Å². The molecule has 0 radical (unpaired) electrons. The highest BCUT2D eigenvalue weighted by atomic mass is 35.5. The number of hydrogen-bond donors (Lipinski definition) is 2.